The molecule has 11 heteroatoms. The molecule has 0 spiro atoms. The fourth-order valence-corrected chi connectivity index (χ4v) is 4.14. The van der Waals surface area contributed by atoms with Crippen molar-refractivity contribution in [3.05, 3.63) is 47.1 Å². The first-order valence-electron chi connectivity index (χ1n) is 11.1. The lowest BCUT2D eigenvalue weighted by molar-refractivity contribution is -0.115. The fraction of sp³-hybridized carbons (Fsp3) is 0.375. The van der Waals surface area contributed by atoms with E-state index in [1.807, 2.05) is 20.8 Å². The Morgan fingerprint density at radius 2 is 1.89 bits per heavy atom. The van der Waals surface area contributed by atoms with Crippen LogP contribution in [0.2, 0.25) is 0 Å². The van der Waals surface area contributed by atoms with Gasteiger partial charge in [0.2, 0.25) is 11.8 Å². The second-order valence-electron chi connectivity index (χ2n) is 9.01. The van der Waals surface area contributed by atoms with Gasteiger partial charge in [-0.15, -0.1) is 0 Å². The largest absolute Gasteiger partial charge is 0.474 e. The molecule has 184 valence electrons. The van der Waals surface area contributed by atoms with Crippen LogP contribution in [0.1, 0.15) is 39.2 Å². The van der Waals surface area contributed by atoms with Crippen molar-refractivity contribution in [3.8, 4) is 17.5 Å². The summed E-state index contributed by atoms with van der Waals surface area (Å²) in [6.45, 7) is 6.62. The maximum atomic E-state index is 12.2. The van der Waals surface area contributed by atoms with Gasteiger partial charge in [-0.2, -0.15) is 0 Å². The van der Waals surface area contributed by atoms with E-state index in [0.717, 1.165) is 11.8 Å². The molecule has 0 atom stereocenters. The molecule has 1 N–H and O–H groups in total. The van der Waals surface area contributed by atoms with E-state index >= 15 is 0 Å². The molecular formula is C24H26N4O6S. The number of imide groups is 1. The zero-order chi connectivity index (χ0) is 25.0. The molecule has 35 heavy (non-hydrogen) atoms. The number of piperidine rings is 1. The number of likely N-dealkylation sites (tertiary alicyclic amines) is 1. The molecule has 0 unspecified atom stereocenters. The molecule has 2 aromatic rings. The predicted molar refractivity (Wildman–Crippen MR) is 129 cm³/mol. The average Bonchev–Trinajstić information content (AvgIpc) is 3.10. The Balaban J connectivity index is 1.34. The number of hydrogen-bond acceptors (Lipinski definition) is 9. The number of nitrogens with zero attached hydrogens (tertiary/aromatic N) is 3. The molecule has 2 saturated heterocycles. The van der Waals surface area contributed by atoms with Crippen molar-refractivity contribution in [2.24, 2.45) is 0 Å². The third-order valence-corrected chi connectivity index (χ3v) is 5.83. The zero-order valence-corrected chi connectivity index (χ0v) is 20.5. The first kappa shape index (κ1) is 24.5. The highest BCUT2D eigenvalue weighted by Gasteiger charge is 2.28. The molecule has 0 aliphatic carbocycles. The first-order valence-corrected chi connectivity index (χ1v) is 12.0. The smallest absolute Gasteiger partial charge is 0.410 e. The van der Waals surface area contributed by atoms with Gasteiger partial charge in [-0.3, -0.25) is 14.9 Å². The van der Waals surface area contributed by atoms with Gasteiger partial charge < -0.3 is 19.1 Å². The minimum Gasteiger partial charge on any atom is -0.474 e. The van der Waals surface area contributed by atoms with Crippen LogP contribution in [0.3, 0.4) is 0 Å². The van der Waals surface area contributed by atoms with E-state index < -0.39 is 16.7 Å². The van der Waals surface area contributed by atoms with Crippen molar-refractivity contribution in [2.45, 2.75) is 45.3 Å². The van der Waals surface area contributed by atoms with Crippen LogP contribution in [-0.2, 0) is 9.53 Å². The third kappa shape index (κ3) is 6.95. The van der Waals surface area contributed by atoms with Crippen LogP contribution in [0.15, 0.2) is 41.6 Å². The minimum absolute atomic E-state index is 0.0934. The number of benzene rings is 1. The molecule has 1 aromatic heterocycles. The van der Waals surface area contributed by atoms with Crippen LogP contribution in [0, 0.1) is 0 Å². The molecule has 0 saturated carbocycles. The Morgan fingerprint density at radius 3 is 2.57 bits per heavy atom. The summed E-state index contributed by atoms with van der Waals surface area (Å²) in [7, 11) is 0. The average molecular weight is 499 g/mol. The van der Waals surface area contributed by atoms with Gasteiger partial charge in [0.25, 0.3) is 11.1 Å². The quantitative estimate of drug-likeness (QED) is 0.599. The number of nitrogens with one attached hydrogen (secondary N) is 1. The molecule has 3 heterocycles. The second kappa shape index (κ2) is 10.3. The van der Waals surface area contributed by atoms with Gasteiger partial charge in [0, 0.05) is 25.9 Å². The van der Waals surface area contributed by atoms with Crippen LogP contribution in [0.25, 0.3) is 6.08 Å². The number of rotatable bonds is 5. The van der Waals surface area contributed by atoms with Gasteiger partial charge in [0.15, 0.2) is 0 Å². The Bertz CT molecular complexity index is 1150. The zero-order valence-electron chi connectivity index (χ0n) is 19.6. The summed E-state index contributed by atoms with van der Waals surface area (Å²) in [6.07, 6.45) is 3.89. The van der Waals surface area contributed by atoms with Crippen molar-refractivity contribution in [1.29, 1.82) is 0 Å². The van der Waals surface area contributed by atoms with Gasteiger partial charge in [0.1, 0.15) is 23.8 Å². The summed E-state index contributed by atoms with van der Waals surface area (Å²) in [5, 5.41) is 1.84. The second-order valence-corrected chi connectivity index (χ2v) is 10.0. The molecule has 1 aromatic carbocycles. The van der Waals surface area contributed by atoms with E-state index in [9.17, 15) is 14.4 Å². The topological polar surface area (TPSA) is 120 Å². The number of ether oxygens (including phenoxy) is 3. The fourth-order valence-electron chi connectivity index (χ4n) is 3.46. The number of hydrogen-bond donors (Lipinski definition) is 1. The van der Waals surface area contributed by atoms with E-state index in [1.165, 1.54) is 6.33 Å². The number of aromatic nitrogens is 2. The molecule has 0 radical (unpaired) electrons. The van der Waals surface area contributed by atoms with Crippen molar-refractivity contribution < 1.29 is 28.6 Å². The standard InChI is InChI=1S/C24H26N4O6S/c1-24(2,3)34-23(31)28-9-7-16(8-10-28)32-19-13-20(26-14-25-19)33-17-6-4-5-15(11-17)12-18-21(29)27-22(30)35-18/h4-6,11-14,16H,7-10H2,1-3H3,(H,27,29,30)/b18-12-. The minimum atomic E-state index is -0.526. The molecule has 0 bridgehead atoms. The van der Waals surface area contributed by atoms with Crippen LogP contribution >= 0.6 is 11.8 Å². The Labute approximate surface area is 207 Å². The highest BCUT2D eigenvalue weighted by Crippen LogP contribution is 2.28. The lowest BCUT2D eigenvalue weighted by atomic mass is 10.1. The SMILES string of the molecule is CC(C)(C)OC(=O)N1CCC(Oc2cc(Oc3cccc(/C=C4\SC(=O)NC4=O)c3)ncn2)CC1. The van der Waals surface area contributed by atoms with Gasteiger partial charge in [-0.25, -0.2) is 14.8 Å². The van der Waals surface area contributed by atoms with Gasteiger partial charge in [-0.05, 0) is 56.3 Å². The molecule has 2 aliphatic rings. The van der Waals surface area contributed by atoms with E-state index in [2.05, 4.69) is 15.3 Å². The molecule has 4 rings (SSSR count). The highest BCUT2D eigenvalue weighted by molar-refractivity contribution is 8.18. The number of thioether (sulfide) groups is 1. The maximum Gasteiger partial charge on any atom is 0.410 e. The normalized spacial score (nSPS) is 17.9. The van der Waals surface area contributed by atoms with E-state index in [-0.39, 0.29) is 12.2 Å². The summed E-state index contributed by atoms with van der Waals surface area (Å²) in [6, 6.07) is 8.67. The summed E-state index contributed by atoms with van der Waals surface area (Å²) in [5.74, 6) is 0.765. The van der Waals surface area contributed by atoms with E-state index in [1.54, 1.807) is 41.3 Å². The highest BCUT2D eigenvalue weighted by atomic mass is 32.2. The van der Waals surface area contributed by atoms with E-state index in [0.29, 0.717) is 53.9 Å². The van der Waals surface area contributed by atoms with Crippen LogP contribution in [0.4, 0.5) is 9.59 Å². The van der Waals surface area contributed by atoms with E-state index in [4.69, 9.17) is 14.2 Å². The summed E-state index contributed by atoms with van der Waals surface area (Å²) in [4.78, 5) is 45.7. The Kier molecular flexibility index (Phi) is 7.25. The third-order valence-electron chi connectivity index (χ3n) is 5.02. The molecular weight excluding hydrogens is 472 g/mol. The predicted octanol–water partition coefficient (Wildman–Crippen LogP) is 4.37. The molecule has 2 aliphatic heterocycles. The number of carbonyl (C=O) groups excluding carboxylic acids is 3. The van der Waals surface area contributed by atoms with Crippen molar-refractivity contribution >= 4 is 35.1 Å². The number of carbonyl (C=O) groups is 3. The van der Waals surface area contributed by atoms with Crippen molar-refractivity contribution in [2.75, 3.05) is 13.1 Å². The summed E-state index contributed by atoms with van der Waals surface area (Å²) >= 11 is 0.855. The van der Waals surface area contributed by atoms with Crippen LogP contribution in [0.5, 0.6) is 17.5 Å². The monoisotopic (exact) mass is 498 g/mol. The van der Waals surface area contributed by atoms with Gasteiger partial charge >= 0.3 is 6.09 Å². The van der Waals surface area contributed by atoms with Crippen molar-refractivity contribution in [1.82, 2.24) is 20.2 Å². The molecule has 2 fully saturated rings. The Morgan fingerprint density at radius 1 is 1.14 bits per heavy atom. The first-order chi connectivity index (χ1) is 16.6. The number of amides is 3. The lowest BCUT2D eigenvalue weighted by Gasteiger charge is -2.33. The van der Waals surface area contributed by atoms with Gasteiger partial charge in [0.05, 0.1) is 11.0 Å². The summed E-state index contributed by atoms with van der Waals surface area (Å²) in [5.41, 5.74) is 0.179. The van der Waals surface area contributed by atoms with Crippen LogP contribution < -0.4 is 14.8 Å². The summed E-state index contributed by atoms with van der Waals surface area (Å²) < 4.78 is 17.3. The van der Waals surface area contributed by atoms with Crippen molar-refractivity contribution in [3.63, 3.8) is 0 Å². The molecule has 3 amide bonds. The maximum absolute atomic E-state index is 12.2. The van der Waals surface area contributed by atoms with Gasteiger partial charge in [-0.1, -0.05) is 12.1 Å². The Hall–Kier alpha value is -3.60. The van der Waals surface area contributed by atoms with Crippen LogP contribution in [-0.4, -0.2) is 56.9 Å². The molecule has 10 nitrogen and oxygen atoms in total. The lowest BCUT2D eigenvalue weighted by Crippen LogP contribution is -2.44.